The highest BCUT2D eigenvalue weighted by Gasteiger charge is 2.14. The van der Waals surface area contributed by atoms with E-state index in [1.165, 1.54) is 6.07 Å². The maximum absolute atomic E-state index is 10.8. The summed E-state index contributed by atoms with van der Waals surface area (Å²) in [6, 6.07) is 6.78. The molecule has 0 aliphatic heterocycles. The maximum Gasteiger partial charge on any atom is 0.272 e. The van der Waals surface area contributed by atoms with Crippen molar-refractivity contribution >= 4 is 22.3 Å². The molecule has 0 aliphatic carbocycles. The molecule has 0 radical (unpaired) electrons. The molecule has 0 N–H and O–H groups in total. The molecule has 0 unspecified atom stereocenters. The highest BCUT2D eigenvalue weighted by Crippen LogP contribution is 2.29. The zero-order valence-electron chi connectivity index (χ0n) is 10.2. The van der Waals surface area contributed by atoms with E-state index in [9.17, 15) is 10.1 Å². The summed E-state index contributed by atoms with van der Waals surface area (Å²) in [6.07, 6.45) is 1.37. The second-order valence-corrected chi connectivity index (χ2v) is 4.29. The first-order valence-corrected chi connectivity index (χ1v) is 5.93. The molecule has 0 bridgehead atoms. The van der Waals surface area contributed by atoms with Crippen LogP contribution in [-0.2, 0) is 0 Å². The number of nitrogens with zero attached hydrogens (tertiary/aromatic N) is 2. The van der Waals surface area contributed by atoms with Crippen LogP contribution in [0.2, 0.25) is 0 Å². The van der Waals surface area contributed by atoms with Crippen LogP contribution in [0.25, 0.3) is 5.03 Å². The van der Waals surface area contributed by atoms with Crippen molar-refractivity contribution in [2.45, 2.75) is 26.7 Å². The fourth-order valence-corrected chi connectivity index (χ4v) is 1.84. The van der Waals surface area contributed by atoms with Gasteiger partial charge in [0.1, 0.15) is 0 Å². The van der Waals surface area contributed by atoms with Crippen molar-refractivity contribution in [1.82, 2.24) is 0 Å². The zero-order chi connectivity index (χ0) is 13.7. The molecule has 0 spiro atoms. The molecule has 5 heteroatoms. The van der Waals surface area contributed by atoms with Crippen molar-refractivity contribution in [1.29, 1.82) is 5.26 Å². The molecule has 1 aromatic carbocycles. The molecule has 0 aromatic heterocycles. The Labute approximate surface area is 111 Å². The second kappa shape index (κ2) is 6.18. The van der Waals surface area contributed by atoms with Crippen LogP contribution in [0, 0.1) is 28.4 Å². The first-order valence-electron chi connectivity index (χ1n) is 5.55. The van der Waals surface area contributed by atoms with Gasteiger partial charge in [-0.2, -0.15) is 5.26 Å². The maximum atomic E-state index is 10.8. The average Bonchev–Trinajstić information content (AvgIpc) is 2.35. The number of aryl methyl sites for hydroxylation is 1. The summed E-state index contributed by atoms with van der Waals surface area (Å²) in [7, 11) is 0. The van der Waals surface area contributed by atoms with Gasteiger partial charge in [0.05, 0.1) is 16.0 Å². The Morgan fingerprint density at radius 2 is 2.22 bits per heavy atom. The molecule has 18 heavy (non-hydrogen) atoms. The van der Waals surface area contributed by atoms with Gasteiger partial charge in [-0.15, -0.1) is 0 Å². The van der Waals surface area contributed by atoms with E-state index in [-0.39, 0.29) is 5.69 Å². The first-order chi connectivity index (χ1) is 8.51. The number of hydrogen-bond donors (Lipinski definition) is 0. The molecule has 1 rings (SSSR count). The van der Waals surface area contributed by atoms with E-state index >= 15 is 0 Å². The Bertz CT molecular complexity index is 544. The lowest BCUT2D eigenvalue weighted by molar-refractivity contribution is -0.385. The fourth-order valence-electron chi connectivity index (χ4n) is 1.58. The lowest BCUT2D eigenvalue weighted by Gasteiger charge is -2.04. The van der Waals surface area contributed by atoms with E-state index in [1.54, 1.807) is 19.1 Å². The minimum atomic E-state index is -0.450. The van der Waals surface area contributed by atoms with Gasteiger partial charge in [0.2, 0.25) is 0 Å². The molecule has 4 nitrogen and oxygen atoms in total. The molecule has 94 valence electrons. The third-order valence-electron chi connectivity index (χ3n) is 2.56. The van der Waals surface area contributed by atoms with Crippen molar-refractivity contribution in [2.75, 3.05) is 0 Å². The summed E-state index contributed by atoms with van der Waals surface area (Å²) < 4.78 is 0. The standard InChI is InChI=1S/C13H13ClN2O2/c1-3-4-11(8-15)13(14)10-6-5-9(2)12(7-10)16(17)18/h5-7H,3-4H2,1-2H3. The van der Waals surface area contributed by atoms with Crippen molar-refractivity contribution in [2.24, 2.45) is 0 Å². The smallest absolute Gasteiger partial charge is 0.258 e. The summed E-state index contributed by atoms with van der Waals surface area (Å²) in [5.41, 5.74) is 1.55. The molecular weight excluding hydrogens is 252 g/mol. The van der Waals surface area contributed by atoms with E-state index in [1.807, 2.05) is 13.0 Å². The minimum absolute atomic E-state index is 0.0134. The first kappa shape index (κ1) is 14.2. The molecular formula is C13H13ClN2O2. The molecule has 1 aromatic rings. The molecule has 0 amide bonds. The summed E-state index contributed by atoms with van der Waals surface area (Å²) >= 11 is 6.11. The van der Waals surface area contributed by atoms with E-state index in [0.717, 1.165) is 6.42 Å². The molecule has 0 fully saturated rings. The van der Waals surface area contributed by atoms with Crippen LogP contribution in [0.4, 0.5) is 5.69 Å². The van der Waals surface area contributed by atoms with Crippen LogP contribution in [0.3, 0.4) is 0 Å². The van der Waals surface area contributed by atoms with Gasteiger partial charge in [-0.25, -0.2) is 0 Å². The normalized spacial score (nSPS) is 11.7. The van der Waals surface area contributed by atoms with Crippen molar-refractivity contribution in [3.05, 3.63) is 45.0 Å². The van der Waals surface area contributed by atoms with Crippen LogP contribution < -0.4 is 0 Å². The third kappa shape index (κ3) is 3.08. The van der Waals surface area contributed by atoms with E-state index in [2.05, 4.69) is 0 Å². The molecule has 0 heterocycles. The Hall–Kier alpha value is -1.86. The molecule has 0 aliphatic rings. The van der Waals surface area contributed by atoms with Crippen molar-refractivity contribution in [3.8, 4) is 6.07 Å². The number of benzene rings is 1. The summed E-state index contributed by atoms with van der Waals surface area (Å²) in [5.74, 6) is 0. The lowest BCUT2D eigenvalue weighted by Crippen LogP contribution is -1.93. The second-order valence-electron chi connectivity index (χ2n) is 3.91. The monoisotopic (exact) mass is 264 g/mol. The topological polar surface area (TPSA) is 66.9 Å². The Morgan fingerprint density at radius 3 is 2.72 bits per heavy atom. The lowest BCUT2D eigenvalue weighted by atomic mass is 10.0. The van der Waals surface area contributed by atoms with Crippen LogP contribution in [0.1, 0.15) is 30.9 Å². The predicted molar refractivity (Wildman–Crippen MR) is 71.1 cm³/mol. The van der Waals surface area contributed by atoms with E-state index in [4.69, 9.17) is 16.9 Å². The average molecular weight is 265 g/mol. The Balaban J connectivity index is 3.30. The summed E-state index contributed by atoms with van der Waals surface area (Å²) in [4.78, 5) is 10.4. The van der Waals surface area contributed by atoms with E-state index < -0.39 is 4.92 Å². The van der Waals surface area contributed by atoms with Gasteiger partial charge >= 0.3 is 0 Å². The van der Waals surface area contributed by atoms with Crippen molar-refractivity contribution in [3.63, 3.8) is 0 Å². The zero-order valence-corrected chi connectivity index (χ0v) is 11.0. The van der Waals surface area contributed by atoms with Crippen LogP contribution in [-0.4, -0.2) is 4.92 Å². The molecule has 0 atom stereocenters. The number of allylic oxidation sites excluding steroid dienone is 1. The number of hydrogen-bond acceptors (Lipinski definition) is 3. The van der Waals surface area contributed by atoms with Crippen LogP contribution in [0.5, 0.6) is 0 Å². The SMILES string of the molecule is CCCC(C#N)=C(Cl)c1ccc(C)c([N+](=O)[O-])c1. The highest BCUT2D eigenvalue weighted by molar-refractivity contribution is 6.49. The van der Waals surface area contributed by atoms with E-state index in [0.29, 0.717) is 28.2 Å². The molecule has 0 saturated heterocycles. The number of rotatable bonds is 4. The van der Waals surface area contributed by atoms with Gasteiger partial charge in [-0.1, -0.05) is 37.1 Å². The fraction of sp³-hybridized carbons (Fsp3) is 0.308. The molecule has 0 saturated carbocycles. The van der Waals surface area contributed by atoms with Gasteiger partial charge in [0.15, 0.2) is 0 Å². The minimum Gasteiger partial charge on any atom is -0.258 e. The van der Waals surface area contributed by atoms with Crippen LogP contribution >= 0.6 is 11.6 Å². The largest absolute Gasteiger partial charge is 0.272 e. The van der Waals surface area contributed by atoms with Gasteiger partial charge < -0.3 is 0 Å². The van der Waals surface area contributed by atoms with Gasteiger partial charge in [0.25, 0.3) is 5.69 Å². The number of nitro benzene ring substituents is 1. The van der Waals surface area contributed by atoms with Crippen molar-refractivity contribution < 1.29 is 4.92 Å². The third-order valence-corrected chi connectivity index (χ3v) is 3.01. The number of nitro groups is 1. The number of halogens is 1. The van der Waals surface area contributed by atoms with Gasteiger partial charge in [-0.3, -0.25) is 10.1 Å². The predicted octanol–water partition coefficient (Wildman–Crippen LogP) is 4.18. The number of nitriles is 1. The Morgan fingerprint density at radius 1 is 1.56 bits per heavy atom. The highest BCUT2D eigenvalue weighted by atomic mass is 35.5. The van der Waals surface area contributed by atoms with Gasteiger partial charge in [-0.05, 0) is 13.3 Å². The quantitative estimate of drug-likeness (QED) is 0.465. The summed E-state index contributed by atoms with van der Waals surface area (Å²) in [5, 5.41) is 20.1. The Kier molecular flexibility index (Phi) is 4.87. The summed E-state index contributed by atoms with van der Waals surface area (Å²) in [6.45, 7) is 3.61. The van der Waals surface area contributed by atoms with Gasteiger partial charge in [0, 0.05) is 22.8 Å². The van der Waals surface area contributed by atoms with Crippen LogP contribution in [0.15, 0.2) is 23.8 Å².